The Morgan fingerprint density at radius 2 is 2.00 bits per heavy atom. The van der Waals surface area contributed by atoms with Crippen molar-refractivity contribution in [2.75, 3.05) is 17.6 Å². The molecular weight excluding hydrogens is 273 g/mol. The molecule has 0 saturated carbocycles. The van der Waals surface area contributed by atoms with Gasteiger partial charge in [0, 0.05) is 25.7 Å². The first kappa shape index (κ1) is 13.0. The fourth-order valence-electron chi connectivity index (χ4n) is 1.56. The molecule has 0 saturated heterocycles. The molecule has 0 aliphatic carbocycles. The summed E-state index contributed by atoms with van der Waals surface area (Å²) in [5.41, 5.74) is 6.86. The number of aryl methyl sites for hydroxylation is 1. The van der Waals surface area contributed by atoms with Crippen molar-refractivity contribution in [2.45, 2.75) is 6.42 Å². The second kappa shape index (κ2) is 5.46. The molecule has 96 valence electrons. The van der Waals surface area contributed by atoms with Gasteiger partial charge in [0.2, 0.25) is 0 Å². The first-order chi connectivity index (χ1) is 8.56. The topological polar surface area (TPSA) is 68.8 Å². The molecule has 0 aliphatic rings. The molecule has 1 aromatic heterocycles. The SMILES string of the molecule is Cn1cnc(CCNc2c(Cl)cc(N)cc2Cl)n1. The van der Waals surface area contributed by atoms with Crippen molar-refractivity contribution in [3.63, 3.8) is 0 Å². The van der Waals surface area contributed by atoms with Crippen LogP contribution in [0, 0.1) is 0 Å². The van der Waals surface area contributed by atoms with E-state index in [1.165, 1.54) is 0 Å². The maximum absolute atomic E-state index is 6.06. The molecule has 0 bridgehead atoms. The number of rotatable bonds is 4. The van der Waals surface area contributed by atoms with Crippen LogP contribution < -0.4 is 11.1 Å². The quantitative estimate of drug-likeness (QED) is 0.847. The summed E-state index contributed by atoms with van der Waals surface area (Å²) in [7, 11) is 1.83. The molecule has 18 heavy (non-hydrogen) atoms. The Hall–Kier alpha value is -1.46. The van der Waals surface area contributed by atoms with E-state index in [0.717, 1.165) is 5.82 Å². The summed E-state index contributed by atoms with van der Waals surface area (Å²) in [5, 5.41) is 8.35. The molecule has 2 rings (SSSR count). The summed E-state index contributed by atoms with van der Waals surface area (Å²) in [6.07, 6.45) is 2.36. The van der Waals surface area contributed by atoms with Crippen molar-refractivity contribution in [1.82, 2.24) is 14.8 Å². The normalized spacial score (nSPS) is 10.6. The lowest BCUT2D eigenvalue weighted by Crippen LogP contribution is -2.07. The van der Waals surface area contributed by atoms with Crippen LogP contribution in [0.25, 0.3) is 0 Å². The molecule has 7 heteroatoms. The van der Waals surface area contributed by atoms with Gasteiger partial charge >= 0.3 is 0 Å². The second-order valence-corrected chi connectivity index (χ2v) is 4.69. The number of hydrogen-bond donors (Lipinski definition) is 2. The minimum atomic E-state index is 0.508. The smallest absolute Gasteiger partial charge is 0.152 e. The fraction of sp³-hybridized carbons (Fsp3) is 0.273. The van der Waals surface area contributed by atoms with Crippen LogP contribution in [0.1, 0.15) is 5.82 Å². The zero-order chi connectivity index (χ0) is 13.1. The molecule has 0 radical (unpaired) electrons. The maximum atomic E-state index is 6.06. The van der Waals surface area contributed by atoms with Crippen molar-refractivity contribution in [1.29, 1.82) is 0 Å². The van der Waals surface area contributed by atoms with Gasteiger partial charge in [-0.15, -0.1) is 0 Å². The Bertz CT molecular complexity index is 529. The van der Waals surface area contributed by atoms with Gasteiger partial charge in [0.1, 0.15) is 6.33 Å². The number of benzene rings is 1. The highest BCUT2D eigenvalue weighted by Gasteiger charge is 2.07. The van der Waals surface area contributed by atoms with Gasteiger partial charge in [-0.2, -0.15) is 5.10 Å². The van der Waals surface area contributed by atoms with E-state index >= 15 is 0 Å². The van der Waals surface area contributed by atoms with Gasteiger partial charge in [-0.3, -0.25) is 4.68 Å². The molecule has 3 N–H and O–H groups in total. The zero-order valence-corrected chi connectivity index (χ0v) is 11.3. The van der Waals surface area contributed by atoms with Gasteiger partial charge in [0.25, 0.3) is 0 Å². The number of nitrogens with two attached hydrogens (primary N) is 1. The third-order valence-corrected chi connectivity index (χ3v) is 2.96. The average Bonchev–Trinajstić information content (AvgIpc) is 2.68. The summed E-state index contributed by atoms with van der Waals surface area (Å²) in [6, 6.07) is 3.32. The number of nitrogens with zero attached hydrogens (tertiary/aromatic N) is 3. The van der Waals surface area contributed by atoms with Gasteiger partial charge in [-0.25, -0.2) is 4.98 Å². The predicted molar refractivity (Wildman–Crippen MR) is 74.1 cm³/mol. The van der Waals surface area contributed by atoms with E-state index < -0.39 is 0 Å². The first-order valence-electron chi connectivity index (χ1n) is 5.39. The molecule has 5 nitrogen and oxygen atoms in total. The Kier molecular flexibility index (Phi) is 3.93. The Labute approximate surface area is 115 Å². The van der Waals surface area contributed by atoms with Crippen LogP contribution in [0.2, 0.25) is 10.0 Å². The van der Waals surface area contributed by atoms with Crippen LogP contribution in [-0.2, 0) is 13.5 Å². The van der Waals surface area contributed by atoms with Crippen molar-refractivity contribution < 1.29 is 0 Å². The first-order valence-corrected chi connectivity index (χ1v) is 6.15. The minimum absolute atomic E-state index is 0.508. The number of anilines is 2. The summed E-state index contributed by atoms with van der Waals surface area (Å²) in [6.45, 7) is 0.646. The number of nitrogens with one attached hydrogen (secondary N) is 1. The van der Waals surface area contributed by atoms with Crippen LogP contribution in [0.5, 0.6) is 0 Å². The number of nitrogen functional groups attached to an aromatic ring is 1. The van der Waals surface area contributed by atoms with Crippen LogP contribution in [-0.4, -0.2) is 21.3 Å². The van der Waals surface area contributed by atoms with E-state index in [1.807, 2.05) is 7.05 Å². The lowest BCUT2D eigenvalue weighted by Gasteiger charge is -2.10. The number of aromatic nitrogens is 3. The van der Waals surface area contributed by atoms with Gasteiger partial charge < -0.3 is 11.1 Å². The van der Waals surface area contributed by atoms with Crippen molar-refractivity contribution in [3.8, 4) is 0 Å². The van der Waals surface area contributed by atoms with Gasteiger partial charge in [-0.1, -0.05) is 23.2 Å². The van der Waals surface area contributed by atoms with Gasteiger partial charge in [0.05, 0.1) is 15.7 Å². The largest absolute Gasteiger partial charge is 0.399 e. The van der Waals surface area contributed by atoms with E-state index in [4.69, 9.17) is 28.9 Å². The van der Waals surface area contributed by atoms with Crippen molar-refractivity contribution in [2.24, 2.45) is 7.05 Å². The summed E-state index contributed by atoms with van der Waals surface area (Å²) in [4.78, 5) is 4.13. The Morgan fingerprint density at radius 3 is 2.56 bits per heavy atom. The van der Waals surface area contributed by atoms with Crippen molar-refractivity contribution in [3.05, 3.63) is 34.3 Å². The van der Waals surface area contributed by atoms with E-state index in [0.29, 0.717) is 34.4 Å². The van der Waals surface area contributed by atoms with E-state index in [1.54, 1.807) is 23.1 Å². The molecule has 0 amide bonds. The lowest BCUT2D eigenvalue weighted by molar-refractivity contribution is 0.742. The molecule has 0 aliphatic heterocycles. The molecule has 0 spiro atoms. The van der Waals surface area contributed by atoms with Gasteiger partial charge in [0.15, 0.2) is 5.82 Å². The molecule has 0 fully saturated rings. The fourth-order valence-corrected chi connectivity index (χ4v) is 2.20. The van der Waals surface area contributed by atoms with Crippen LogP contribution >= 0.6 is 23.2 Å². The highest BCUT2D eigenvalue weighted by molar-refractivity contribution is 6.39. The minimum Gasteiger partial charge on any atom is -0.399 e. The third-order valence-electron chi connectivity index (χ3n) is 2.36. The van der Waals surface area contributed by atoms with E-state index in [9.17, 15) is 0 Å². The molecular formula is C11H13Cl2N5. The van der Waals surface area contributed by atoms with Crippen LogP contribution in [0.3, 0.4) is 0 Å². The predicted octanol–water partition coefficient (Wildman–Crippen LogP) is 2.36. The standard InChI is InChI=1S/C11H13Cl2N5/c1-18-6-16-10(17-18)2-3-15-11-8(12)4-7(14)5-9(11)13/h4-6,15H,2-3,14H2,1H3. The molecule has 2 aromatic rings. The van der Waals surface area contributed by atoms with E-state index in [2.05, 4.69) is 15.4 Å². The highest BCUT2D eigenvalue weighted by Crippen LogP contribution is 2.32. The molecule has 0 atom stereocenters. The lowest BCUT2D eigenvalue weighted by atomic mass is 10.2. The van der Waals surface area contributed by atoms with Crippen LogP contribution in [0.4, 0.5) is 11.4 Å². The second-order valence-electron chi connectivity index (χ2n) is 3.87. The average molecular weight is 286 g/mol. The molecule has 1 heterocycles. The monoisotopic (exact) mass is 285 g/mol. The van der Waals surface area contributed by atoms with E-state index in [-0.39, 0.29) is 0 Å². The number of halogens is 2. The molecule has 1 aromatic carbocycles. The third kappa shape index (κ3) is 3.05. The van der Waals surface area contributed by atoms with Gasteiger partial charge in [-0.05, 0) is 12.1 Å². The summed E-state index contributed by atoms with van der Waals surface area (Å²) in [5.74, 6) is 0.771. The van der Waals surface area contributed by atoms with Crippen molar-refractivity contribution >= 4 is 34.6 Å². The Balaban J connectivity index is 1.98. The summed E-state index contributed by atoms with van der Waals surface area (Å²) < 4.78 is 1.67. The summed E-state index contributed by atoms with van der Waals surface area (Å²) >= 11 is 12.1. The Morgan fingerprint density at radius 1 is 1.33 bits per heavy atom. The highest BCUT2D eigenvalue weighted by atomic mass is 35.5. The zero-order valence-electron chi connectivity index (χ0n) is 9.82. The van der Waals surface area contributed by atoms with Crippen LogP contribution in [0.15, 0.2) is 18.5 Å². The maximum Gasteiger partial charge on any atom is 0.152 e. The number of hydrogen-bond acceptors (Lipinski definition) is 4. The molecule has 0 unspecified atom stereocenters.